The number of ether oxygens (including phenoxy) is 5. The average Bonchev–Trinajstić information content (AvgIpc) is 3.63. The molecule has 0 saturated carbocycles. The molecular formula is C41H58O7. The molecule has 5 atom stereocenters. The molecule has 0 radical (unpaired) electrons. The van der Waals surface area contributed by atoms with Crippen molar-refractivity contribution in [3.8, 4) is 0 Å². The first kappa shape index (κ1) is 38.2. The fourth-order valence-electron chi connectivity index (χ4n) is 6.21. The molecule has 1 unspecified atom stereocenters. The molecule has 3 aromatic carbocycles. The molecule has 7 nitrogen and oxygen atoms in total. The number of hydrogen-bond acceptors (Lipinski definition) is 7. The van der Waals surface area contributed by atoms with E-state index in [-0.39, 0.29) is 18.6 Å². The van der Waals surface area contributed by atoms with Crippen LogP contribution in [0.4, 0.5) is 0 Å². The Balaban J connectivity index is 1.48. The molecule has 48 heavy (non-hydrogen) atoms. The molecule has 1 saturated heterocycles. The van der Waals surface area contributed by atoms with E-state index in [1.807, 2.05) is 73.7 Å². The zero-order valence-corrected chi connectivity index (χ0v) is 28.9. The standard InChI is InChI=1S/C41H58O7/c1-33(42)19-11-6-4-2-3-5-7-18-26-38(46-30-34-20-12-8-13-21-34)41(48-32-36-24-16-10-17-25-36)40(37(43)29-39-44-27-28-45-39)47-31-35-22-14-9-15-23-35/h8-10,12-17,20-25,33,37-43H,2-7,11,18-19,26-32H2,1H3/t33-,37?,38+,40+,41-/m0/s1. The van der Waals surface area contributed by atoms with E-state index in [4.69, 9.17) is 23.7 Å². The van der Waals surface area contributed by atoms with Crippen LogP contribution in [0.1, 0.15) is 94.2 Å². The minimum atomic E-state index is -0.894. The van der Waals surface area contributed by atoms with Crippen molar-refractivity contribution in [1.29, 1.82) is 0 Å². The maximum Gasteiger partial charge on any atom is 0.160 e. The molecule has 0 spiro atoms. The lowest BCUT2D eigenvalue weighted by Crippen LogP contribution is -2.49. The Labute approximate surface area is 288 Å². The summed E-state index contributed by atoms with van der Waals surface area (Å²) in [4.78, 5) is 0. The van der Waals surface area contributed by atoms with Crippen LogP contribution < -0.4 is 0 Å². The third kappa shape index (κ3) is 14.9. The predicted octanol–water partition coefficient (Wildman–Crippen LogP) is 8.15. The molecule has 7 heteroatoms. The number of rotatable bonds is 25. The highest BCUT2D eigenvalue weighted by atomic mass is 16.7. The van der Waals surface area contributed by atoms with Gasteiger partial charge in [-0.2, -0.15) is 0 Å². The van der Waals surface area contributed by atoms with Crippen LogP contribution in [0.2, 0.25) is 0 Å². The SMILES string of the molecule is C[C@H](O)CCCCCCCCCC[C@@H](OCc1ccccc1)[C@H](OCc1ccccc1)[C@H](OCc1ccccc1)C(O)CC1OCCO1. The van der Waals surface area contributed by atoms with Gasteiger partial charge in [0.2, 0.25) is 0 Å². The second kappa shape index (κ2) is 22.9. The number of unbranched alkanes of at least 4 members (excludes halogenated alkanes) is 7. The van der Waals surface area contributed by atoms with Crippen molar-refractivity contribution in [3.63, 3.8) is 0 Å². The van der Waals surface area contributed by atoms with Crippen molar-refractivity contribution in [2.24, 2.45) is 0 Å². The van der Waals surface area contributed by atoms with Crippen LogP contribution in [0.5, 0.6) is 0 Å². The van der Waals surface area contributed by atoms with Crippen molar-refractivity contribution in [1.82, 2.24) is 0 Å². The van der Waals surface area contributed by atoms with Crippen LogP contribution in [-0.4, -0.2) is 60.2 Å². The molecule has 0 aliphatic carbocycles. The zero-order chi connectivity index (χ0) is 33.7. The molecule has 1 aliphatic heterocycles. The Morgan fingerprint density at radius 1 is 0.562 bits per heavy atom. The summed E-state index contributed by atoms with van der Waals surface area (Å²) in [5, 5.41) is 21.3. The lowest BCUT2D eigenvalue weighted by molar-refractivity contribution is -0.191. The zero-order valence-electron chi connectivity index (χ0n) is 28.9. The number of hydrogen-bond donors (Lipinski definition) is 2. The first-order chi connectivity index (χ1) is 23.6. The second-order valence-electron chi connectivity index (χ2n) is 13.1. The normalized spacial score (nSPS) is 16.8. The lowest BCUT2D eigenvalue weighted by Gasteiger charge is -2.36. The van der Waals surface area contributed by atoms with Gasteiger partial charge in [-0.25, -0.2) is 0 Å². The quantitative estimate of drug-likeness (QED) is 0.0886. The molecule has 4 rings (SSSR count). The molecule has 0 bridgehead atoms. The van der Waals surface area contributed by atoms with Gasteiger partial charge in [0.05, 0.1) is 51.3 Å². The predicted molar refractivity (Wildman–Crippen MR) is 189 cm³/mol. The summed E-state index contributed by atoms with van der Waals surface area (Å²) in [6.07, 6.45) is 8.07. The summed E-state index contributed by atoms with van der Waals surface area (Å²) in [5.41, 5.74) is 3.17. The van der Waals surface area contributed by atoms with E-state index >= 15 is 0 Å². The Kier molecular flexibility index (Phi) is 18.2. The van der Waals surface area contributed by atoms with E-state index < -0.39 is 24.6 Å². The lowest BCUT2D eigenvalue weighted by atomic mass is 9.95. The molecule has 0 amide bonds. The Morgan fingerprint density at radius 3 is 1.46 bits per heavy atom. The van der Waals surface area contributed by atoms with Crippen LogP contribution in [0.3, 0.4) is 0 Å². The molecular weight excluding hydrogens is 604 g/mol. The Bertz CT molecular complexity index is 1190. The third-order valence-electron chi connectivity index (χ3n) is 8.93. The van der Waals surface area contributed by atoms with Crippen LogP contribution in [-0.2, 0) is 43.5 Å². The highest BCUT2D eigenvalue weighted by molar-refractivity contribution is 5.15. The van der Waals surface area contributed by atoms with E-state index in [2.05, 4.69) is 24.3 Å². The van der Waals surface area contributed by atoms with Gasteiger partial charge in [-0.1, -0.05) is 142 Å². The van der Waals surface area contributed by atoms with Gasteiger partial charge in [-0.05, 0) is 36.5 Å². The molecule has 1 heterocycles. The number of aliphatic hydroxyl groups excluding tert-OH is 2. The molecule has 1 fully saturated rings. The number of aliphatic hydroxyl groups is 2. The first-order valence-electron chi connectivity index (χ1n) is 18.1. The van der Waals surface area contributed by atoms with Gasteiger partial charge < -0.3 is 33.9 Å². The van der Waals surface area contributed by atoms with Crippen molar-refractivity contribution in [3.05, 3.63) is 108 Å². The van der Waals surface area contributed by atoms with Gasteiger partial charge in [-0.15, -0.1) is 0 Å². The van der Waals surface area contributed by atoms with Crippen molar-refractivity contribution in [2.75, 3.05) is 13.2 Å². The minimum Gasteiger partial charge on any atom is -0.393 e. The summed E-state index contributed by atoms with van der Waals surface area (Å²) < 4.78 is 31.6. The van der Waals surface area contributed by atoms with Crippen LogP contribution in [0.25, 0.3) is 0 Å². The molecule has 264 valence electrons. The number of benzene rings is 3. The molecule has 2 N–H and O–H groups in total. The van der Waals surface area contributed by atoms with Crippen LogP contribution in [0, 0.1) is 0 Å². The van der Waals surface area contributed by atoms with Gasteiger partial charge in [0.25, 0.3) is 0 Å². The van der Waals surface area contributed by atoms with Gasteiger partial charge >= 0.3 is 0 Å². The first-order valence-corrected chi connectivity index (χ1v) is 18.1. The van der Waals surface area contributed by atoms with Gasteiger partial charge in [0, 0.05) is 6.42 Å². The van der Waals surface area contributed by atoms with Gasteiger partial charge in [-0.3, -0.25) is 0 Å². The third-order valence-corrected chi connectivity index (χ3v) is 8.93. The smallest absolute Gasteiger partial charge is 0.160 e. The van der Waals surface area contributed by atoms with Crippen molar-refractivity contribution in [2.45, 2.75) is 134 Å². The van der Waals surface area contributed by atoms with Crippen LogP contribution >= 0.6 is 0 Å². The minimum absolute atomic E-state index is 0.198. The van der Waals surface area contributed by atoms with Crippen LogP contribution in [0.15, 0.2) is 91.0 Å². The second-order valence-corrected chi connectivity index (χ2v) is 13.1. The van der Waals surface area contributed by atoms with Gasteiger partial charge in [0.15, 0.2) is 6.29 Å². The van der Waals surface area contributed by atoms with Gasteiger partial charge in [0.1, 0.15) is 12.2 Å². The molecule has 3 aromatic rings. The maximum absolute atomic E-state index is 11.8. The largest absolute Gasteiger partial charge is 0.393 e. The summed E-state index contributed by atoms with van der Waals surface area (Å²) in [7, 11) is 0. The van der Waals surface area contributed by atoms with E-state index in [1.165, 1.54) is 32.1 Å². The van der Waals surface area contributed by atoms with E-state index in [1.54, 1.807) is 0 Å². The summed E-state index contributed by atoms with van der Waals surface area (Å²) in [6, 6.07) is 30.4. The average molecular weight is 663 g/mol. The van der Waals surface area contributed by atoms with E-state index in [0.29, 0.717) is 33.0 Å². The fraction of sp³-hybridized carbons (Fsp3) is 0.561. The fourth-order valence-corrected chi connectivity index (χ4v) is 6.21. The Hall–Kier alpha value is -2.62. The van der Waals surface area contributed by atoms with Crippen molar-refractivity contribution < 1.29 is 33.9 Å². The molecule has 1 aliphatic rings. The summed E-state index contributed by atoms with van der Waals surface area (Å²) in [5.74, 6) is 0. The Morgan fingerprint density at radius 2 is 0.979 bits per heavy atom. The van der Waals surface area contributed by atoms with E-state index in [9.17, 15) is 10.2 Å². The maximum atomic E-state index is 11.8. The highest BCUT2D eigenvalue weighted by Crippen LogP contribution is 2.27. The van der Waals surface area contributed by atoms with Crippen molar-refractivity contribution >= 4 is 0 Å². The monoisotopic (exact) mass is 662 g/mol. The summed E-state index contributed by atoms with van der Waals surface area (Å²) >= 11 is 0. The highest BCUT2D eigenvalue weighted by Gasteiger charge is 2.38. The van der Waals surface area contributed by atoms with E-state index in [0.717, 1.165) is 48.8 Å². The molecule has 0 aromatic heterocycles. The topological polar surface area (TPSA) is 86.6 Å². The summed E-state index contributed by atoms with van der Waals surface area (Å²) in [6.45, 7) is 4.06.